The van der Waals surface area contributed by atoms with Crippen LogP contribution in [0.3, 0.4) is 0 Å². The predicted octanol–water partition coefficient (Wildman–Crippen LogP) is 5.36. The van der Waals surface area contributed by atoms with E-state index in [0.29, 0.717) is 16.0 Å². The Morgan fingerprint density at radius 3 is 2.56 bits per heavy atom. The Balaban J connectivity index is 1.59. The minimum absolute atomic E-state index is 0.0382. The molecule has 0 fully saturated rings. The van der Waals surface area contributed by atoms with Gasteiger partial charge in [0.05, 0.1) is 27.9 Å². The van der Waals surface area contributed by atoms with Crippen LogP contribution in [0.4, 0.5) is 18.9 Å². The van der Waals surface area contributed by atoms with E-state index < -0.39 is 29.6 Å². The molecule has 2 amide bonds. The lowest BCUT2D eigenvalue weighted by atomic mass is 10.2. The largest absolute Gasteiger partial charge is 0.416 e. The lowest BCUT2D eigenvalue weighted by molar-refractivity contribution is -0.137. The molecule has 7 nitrogen and oxygen atoms in total. The highest BCUT2D eigenvalue weighted by molar-refractivity contribution is 7.99. The van der Waals surface area contributed by atoms with E-state index in [4.69, 9.17) is 23.2 Å². The molecule has 180 valence electrons. The molecule has 0 saturated carbocycles. The molecule has 0 spiro atoms. The number of anilines is 1. The number of carbonyl (C=O) groups excluding carboxylic acids is 2. The van der Waals surface area contributed by atoms with E-state index >= 15 is 0 Å². The zero-order valence-electron chi connectivity index (χ0n) is 17.8. The summed E-state index contributed by atoms with van der Waals surface area (Å²) in [5.41, 5.74) is -0.566. The molecule has 2 N–H and O–H groups in total. The second-order valence-corrected chi connectivity index (χ2v) is 8.92. The van der Waals surface area contributed by atoms with Gasteiger partial charge in [-0.15, -0.1) is 10.2 Å². The Kier molecular flexibility index (Phi) is 8.11. The molecular formula is C21H18Cl2F3N5O2S. The summed E-state index contributed by atoms with van der Waals surface area (Å²) in [6.07, 6.45) is -4.50. The highest BCUT2D eigenvalue weighted by Gasteiger charge is 2.30. The van der Waals surface area contributed by atoms with Crippen LogP contribution in [0.25, 0.3) is 0 Å². The SMILES string of the molecule is C[C@@H](NC(=O)c1ccc(Cl)cc1Cl)c1nnc(SCC(=O)Nc2cccc(C(F)(F)F)c2)n1C. The van der Waals surface area contributed by atoms with Gasteiger partial charge in [0.2, 0.25) is 5.91 Å². The third kappa shape index (κ3) is 6.43. The van der Waals surface area contributed by atoms with Crippen LogP contribution in [-0.4, -0.2) is 32.3 Å². The molecule has 1 heterocycles. The average Bonchev–Trinajstić information content (AvgIpc) is 3.12. The molecule has 13 heteroatoms. The number of carbonyl (C=O) groups is 2. The first kappa shape index (κ1) is 25.9. The van der Waals surface area contributed by atoms with Gasteiger partial charge in [-0.1, -0.05) is 41.0 Å². The molecule has 0 unspecified atom stereocenters. The smallest absolute Gasteiger partial charge is 0.342 e. The first-order valence-electron chi connectivity index (χ1n) is 9.71. The number of thioether (sulfide) groups is 1. The first-order valence-corrected chi connectivity index (χ1v) is 11.4. The molecule has 0 saturated heterocycles. The summed E-state index contributed by atoms with van der Waals surface area (Å²) in [5.74, 6) is -0.609. The van der Waals surface area contributed by atoms with Crippen molar-refractivity contribution in [2.75, 3.05) is 11.1 Å². The lowest BCUT2D eigenvalue weighted by Gasteiger charge is -2.14. The molecule has 1 atom stereocenters. The molecule has 34 heavy (non-hydrogen) atoms. The van der Waals surface area contributed by atoms with Crippen LogP contribution in [0, 0.1) is 0 Å². The van der Waals surface area contributed by atoms with E-state index in [0.717, 1.165) is 23.9 Å². The molecule has 1 aromatic heterocycles. The summed E-state index contributed by atoms with van der Waals surface area (Å²) >= 11 is 13.0. The first-order chi connectivity index (χ1) is 16.0. The second-order valence-electron chi connectivity index (χ2n) is 7.13. The van der Waals surface area contributed by atoms with Crippen LogP contribution >= 0.6 is 35.0 Å². The lowest BCUT2D eigenvalue weighted by Crippen LogP contribution is -2.28. The molecule has 0 aliphatic heterocycles. The summed E-state index contributed by atoms with van der Waals surface area (Å²) in [5, 5.41) is 14.3. The van der Waals surface area contributed by atoms with Crippen molar-refractivity contribution in [3.63, 3.8) is 0 Å². The van der Waals surface area contributed by atoms with Gasteiger partial charge in [-0.3, -0.25) is 9.59 Å². The number of hydrogen-bond acceptors (Lipinski definition) is 5. The fourth-order valence-electron chi connectivity index (χ4n) is 2.94. The third-order valence-corrected chi connectivity index (χ3v) is 6.15. The van der Waals surface area contributed by atoms with Gasteiger partial charge in [-0.2, -0.15) is 13.2 Å². The molecule has 2 aromatic carbocycles. The maximum Gasteiger partial charge on any atom is 0.416 e. The van der Waals surface area contributed by atoms with Crippen molar-refractivity contribution in [3.8, 4) is 0 Å². The molecule has 3 aromatic rings. The highest BCUT2D eigenvalue weighted by Crippen LogP contribution is 2.31. The fraction of sp³-hybridized carbons (Fsp3) is 0.238. The van der Waals surface area contributed by atoms with E-state index in [9.17, 15) is 22.8 Å². The molecule has 0 radical (unpaired) electrons. The van der Waals surface area contributed by atoms with Crippen LogP contribution < -0.4 is 10.6 Å². The van der Waals surface area contributed by atoms with Crippen molar-refractivity contribution in [1.29, 1.82) is 0 Å². The number of aromatic nitrogens is 3. The summed E-state index contributed by atoms with van der Waals surface area (Å²) in [7, 11) is 1.67. The fourth-order valence-corrected chi connectivity index (χ4v) is 4.15. The van der Waals surface area contributed by atoms with E-state index in [2.05, 4.69) is 20.8 Å². The standard InChI is InChI=1S/C21H18Cl2F3N5O2S/c1-11(27-19(33)15-7-6-13(22)9-16(15)23)18-29-30-20(31(18)2)34-10-17(32)28-14-5-3-4-12(8-14)21(24,25)26/h3-9,11H,10H2,1-2H3,(H,27,33)(H,28,32)/t11-/m1/s1. The van der Waals surface area contributed by atoms with Gasteiger partial charge in [0.25, 0.3) is 5.91 Å². The minimum Gasteiger partial charge on any atom is -0.342 e. The van der Waals surface area contributed by atoms with Crippen LogP contribution in [0.5, 0.6) is 0 Å². The normalized spacial score (nSPS) is 12.3. The number of alkyl halides is 3. The van der Waals surface area contributed by atoms with Crippen molar-refractivity contribution in [2.24, 2.45) is 7.05 Å². The molecule has 3 rings (SSSR count). The number of amides is 2. The van der Waals surface area contributed by atoms with Crippen LogP contribution in [0.2, 0.25) is 10.0 Å². The Hall–Kier alpha value is -2.76. The topological polar surface area (TPSA) is 88.9 Å². The van der Waals surface area contributed by atoms with Crippen LogP contribution in [0.1, 0.15) is 34.7 Å². The number of rotatable bonds is 7. The quantitative estimate of drug-likeness (QED) is 0.400. The molecular weight excluding hydrogens is 514 g/mol. The zero-order chi connectivity index (χ0) is 25.0. The van der Waals surface area contributed by atoms with E-state index in [1.807, 2.05) is 0 Å². The van der Waals surface area contributed by atoms with E-state index in [1.54, 1.807) is 24.6 Å². The van der Waals surface area contributed by atoms with Gasteiger partial charge < -0.3 is 15.2 Å². The van der Waals surface area contributed by atoms with Gasteiger partial charge >= 0.3 is 6.18 Å². The number of nitrogens with zero attached hydrogens (tertiary/aromatic N) is 3. The minimum atomic E-state index is -4.50. The second kappa shape index (κ2) is 10.7. The van der Waals surface area contributed by atoms with Gasteiger partial charge in [-0.05, 0) is 43.3 Å². The van der Waals surface area contributed by atoms with Crippen molar-refractivity contribution >= 4 is 52.5 Å². The Labute approximate surface area is 207 Å². The van der Waals surface area contributed by atoms with Gasteiger partial charge in [-0.25, -0.2) is 0 Å². The maximum absolute atomic E-state index is 12.8. The number of halogens is 5. The summed E-state index contributed by atoms with van der Waals surface area (Å²) in [6.45, 7) is 1.71. The summed E-state index contributed by atoms with van der Waals surface area (Å²) in [6, 6.07) is 8.35. The third-order valence-electron chi connectivity index (χ3n) is 4.59. The van der Waals surface area contributed by atoms with Crippen molar-refractivity contribution in [3.05, 3.63) is 69.5 Å². The number of benzene rings is 2. The van der Waals surface area contributed by atoms with Crippen molar-refractivity contribution in [2.45, 2.75) is 24.3 Å². The Bertz CT molecular complexity index is 1220. The molecule has 0 aliphatic rings. The molecule has 0 aliphatic carbocycles. The van der Waals surface area contributed by atoms with Crippen LogP contribution in [0.15, 0.2) is 47.6 Å². The van der Waals surface area contributed by atoms with Crippen LogP contribution in [-0.2, 0) is 18.0 Å². The zero-order valence-corrected chi connectivity index (χ0v) is 20.1. The maximum atomic E-state index is 12.8. The highest BCUT2D eigenvalue weighted by atomic mass is 35.5. The van der Waals surface area contributed by atoms with Gasteiger partial charge in [0.15, 0.2) is 11.0 Å². The van der Waals surface area contributed by atoms with E-state index in [1.165, 1.54) is 24.3 Å². The summed E-state index contributed by atoms with van der Waals surface area (Å²) in [4.78, 5) is 24.7. The van der Waals surface area contributed by atoms with Crippen molar-refractivity contribution in [1.82, 2.24) is 20.1 Å². The summed E-state index contributed by atoms with van der Waals surface area (Å²) < 4.78 is 40.1. The predicted molar refractivity (Wildman–Crippen MR) is 124 cm³/mol. The average molecular weight is 532 g/mol. The Morgan fingerprint density at radius 2 is 1.88 bits per heavy atom. The monoisotopic (exact) mass is 531 g/mol. The molecule has 0 bridgehead atoms. The number of hydrogen-bond donors (Lipinski definition) is 2. The van der Waals surface area contributed by atoms with Gasteiger partial charge in [0, 0.05) is 17.8 Å². The Morgan fingerprint density at radius 1 is 1.15 bits per heavy atom. The van der Waals surface area contributed by atoms with Crippen molar-refractivity contribution < 1.29 is 22.8 Å². The van der Waals surface area contributed by atoms with E-state index in [-0.39, 0.29) is 22.0 Å². The number of nitrogens with one attached hydrogen (secondary N) is 2. The van der Waals surface area contributed by atoms with Gasteiger partial charge in [0.1, 0.15) is 0 Å².